The van der Waals surface area contributed by atoms with Crippen LogP contribution in [0.2, 0.25) is 0 Å². The largest absolute Gasteiger partial charge is 0.509 e. The van der Waals surface area contributed by atoms with Crippen molar-refractivity contribution in [3.05, 3.63) is 0 Å². The first kappa shape index (κ1) is 21.8. The van der Waals surface area contributed by atoms with Gasteiger partial charge in [-0.25, -0.2) is 4.79 Å². The van der Waals surface area contributed by atoms with Gasteiger partial charge in [0.05, 0.1) is 7.11 Å². The summed E-state index contributed by atoms with van der Waals surface area (Å²) in [5, 5.41) is 0. The Morgan fingerprint density at radius 1 is 0.840 bits per heavy atom. The van der Waals surface area contributed by atoms with Gasteiger partial charge in [0.2, 0.25) is 0 Å². The van der Waals surface area contributed by atoms with Crippen molar-refractivity contribution < 1.29 is 23.8 Å². The van der Waals surface area contributed by atoms with Crippen LogP contribution in [0.25, 0.3) is 0 Å². The van der Waals surface area contributed by atoms with Crippen LogP contribution in [0.3, 0.4) is 0 Å². The maximum Gasteiger partial charge on any atom is 0.509 e. The fourth-order valence-corrected chi connectivity index (χ4v) is 3.29. The van der Waals surface area contributed by atoms with E-state index in [0.29, 0.717) is 6.42 Å². The van der Waals surface area contributed by atoms with E-state index in [4.69, 9.17) is 9.47 Å². The molecule has 0 radical (unpaired) electrons. The van der Waals surface area contributed by atoms with Gasteiger partial charge in [0.15, 0.2) is 0 Å². The maximum absolute atomic E-state index is 11.4. The Bertz CT molecular complexity index is 369. The molecule has 1 rings (SSSR count). The van der Waals surface area contributed by atoms with E-state index in [9.17, 15) is 9.59 Å². The second kappa shape index (κ2) is 14.0. The fraction of sp³-hybridized carbons (Fsp3) is 0.900. The molecule has 146 valence electrons. The molecule has 1 heterocycles. The minimum atomic E-state index is -0.501. The van der Waals surface area contributed by atoms with Gasteiger partial charge >= 0.3 is 12.1 Å². The summed E-state index contributed by atoms with van der Waals surface area (Å²) in [5.41, 5.74) is 0. The topological polar surface area (TPSA) is 61.8 Å². The average Bonchev–Trinajstić information content (AvgIpc) is 2.96. The fourth-order valence-electron chi connectivity index (χ4n) is 3.29. The zero-order chi connectivity index (χ0) is 18.3. The molecular weight excluding hydrogens is 320 g/mol. The van der Waals surface area contributed by atoms with Gasteiger partial charge in [-0.15, -0.1) is 0 Å². The number of esters is 1. The molecule has 0 N–H and O–H groups in total. The third kappa shape index (κ3) is 10.4. The Hall–Kier alpha value is -1.26. The molecule has 1 aliphatic heterocycles. The zero-order valence-corrected chi connectivity index (χ0v) is 16.1. The van der Waals surface area contributed by atoms with E-state index < -0.39 is 6.16 Å². The lowest BCUT2D eigenvalue weighted by Crippen LogP contribution is -2.22. The molecule has 0 spiro atoms. The van der Waals surface area contributed by atoms with Crippen LogP contribution in [0, 0.1) is 0 Å². The SMILES string of the molecule is CCCCCCCCC1OC(=O)OC1CCCCCCCC(=O)OC. The van der Waals surface area contributed by atoms with E-state index in [1.165, 1.54) is 39.2 Å². The highest BCUT2D eigenvalue weighted by Crippen LogP contribution is 2.25. The Balaban J connectivity index is 2.06. The standard InChI is InChI=1S/C20H36O5/c1-3-4-5-6-8-11-14-17-18(25-20(22)24-17)15-12-9-7-10-13-16-19(21)23-2/h17-18H,3-16H2,1-2H3. The van der Waals surface area contributed by atoms with E-state index in [2.05, 4.69) is 11.7 Å². The predicted octanol–water partition coefficient (Wildman–Crippen LogP) is 5.54. The molecule has 1 saturated heterocycles. The van der Waals surface area contributed by atoms with Gasteiger partial charge in [0.25, 0.3) is 0 Å². The maximum atomic E-state index is 11.4. The smallest absolute Gasteiger partial charge is 0.469 e. The monoisotopic (exact) mass is 356 g/mol. The Kier molecular flexibility index (Phi) is 12.2. The molecule has 2 unspecified atom stereocenters. The summed E-state index contributed by atoms with van der Waals surface area (Å²) in [6.45, 7) is 2.22. The molecule has 0 aliphatic carbocycles. The highest BCUT2D eigenvalue weighted by Gasteiger charge is 2.35. The molecule has 1 fully saturated rings. The minimum Gasteiger partial charge on any atom is -0.469 e. The number of ether oxygens (including phenoxy) is 3. The molecule has 25 heavy (non-hydrogen) atoms. The molecular formula is C20H36O5. The van der Waals surface area contributed by atoms with Crippen molar-refractivity contribution in [3.8, 4) is 0 Å². The van der Waals surface area contributed by atoms with Gasteiger partial charge in [-0.05, 0) is 32.1 Å². The number of carbonyl (C=O) groups is 2. The molecule has 1 aliphatic rings. The molecule has 5 nitrogen and oxygen atoms in total. The molecule has 0 saturated carbocycles. The summed E-state index contributed by atoms with van der Waals surface area (Å²) in [6.07, 6.45) is 14.3. The van der Waals surface area contributed by atoms with Crippen molar-refractivity contribution in [1.29, 1.82) is 0 Å². The summed E-state index contributed by atoms with van der Waals surface area (Å²) >= 11 is 0. The van der Waals surface area contributed by atoms with E-state index in [1.54, 1.807) is 0 Å². The van der Waals surface area contributed by atoms with E-state index >= 15 is 0 Å². The first-order valence-corrected chi connectivity index (χ1v) is 10.1. The number of methoxy groups -OCH3 is 1. The van der Waals surface area contributed by atoms with Crippen LogP contribution in [0.15, 0.2) is 0 Å². The molecule has 0 amide bonds. The third-order valence-corrected chi connectivity index (χ3v) is 4.85. The molecule has 0 aromatic heterocycles. The highest BCUT2D eigenvalue weighted by atomic mass is 16.8. The van der Waals surface area contributed by atoms with Crippen molar-refractivity contribution in [1.82, 2.24) is 0 Å². The summed E-state index contributed by atoms with van der Waals surface area (Å²) in [7, 11) is 1.43. The summed E-state index contributed by atoms with van der Waals surface area (Å²) in [5.74, 6) is -0.132. The third-order valence-electron chi connectivity index (χ3n) is 4.85. The van der Waals surface area contributed by atoms with Crippen LogP contribution in [0.5, 0.6) is 0 Å². The van der Waals surface area contributed by atoms with Gasteiger partial charge < -0.3 is 14.2 Å². The van der Waals surface area contributed by atoms with Crippen LogP contribution in [0.4, 0.5) is 4.79 Å². The Morgan fingerprint density at radius 2 is 1.32 bits per heavy atom. The lowest BCUT2D eigenvalue weighted by molar-refractivity contribution is -0.140. The number of unbranched alkanes of at least 4 members (excludes halogenated alkanes) is 9. The van der Waals surface area contributed by atoms with Crippen molar-refractivity contribution in [3.63, 3.8) is 0 Å². The van der Waals surface area contributed by atoms with Crippen molar-refractivity contribution in [2.75, 3.05) is 7.11 Å². The average molecular weight is 357 g/mol. The van der Waals surface area contributed by atoms with E-state index in [1.807, 2.05) is 0 Å². The second-order valence-electron chi connectivity index (χ2n) is 7.00. The summed E-state index contributed by atoms with van der Waals surface area (Å²) in [4.78, 5) is 22.4. The molecule has 0 bridgehead atoms. The first-order chi connectivity index (χ1) is 12.2. The molecule has 0 aromatic carbocycles. The lowest BCUT2D eigenvalue weighted by Gasteiger charge is -2.15. The van der Waals surface area contributed by atoms with Crippen LogP contribution in [0.1, 0.15) is 96.8 Å². The van der Waals surface area contributed by atoms with Crippen LogP contribution in [-0.4, -0.2) is 31.4 Å². The number of hydrogen-bond acceptors (Lipinski definition) is 5. The van der Waals surface area contributed by atoms with Crippen molar-refractivity contribution in [2.24, 2.45) is 0 Å². The van der Waals surface area contributed by atoms with Crippen molar-refractivity contribution >= 4 is 12.1 Å². The van der Waals surface area contributed by atoms with E-state index in [-0.39, 0.29) is 18.2 Å². The minimum absolute atomic E-state index is 0.0574. The summed E-state index contributed by atoms with van der Waals surface area (Å²) < 4.78 is 15.3. The number of carbonyl (C=O) groups excluding carboxylic acids is 2. The van der Waals surface area contributed by atoms with Crippen LogP contribution in [-0.2, 0) is 19.0 Å². The summed E-state index contributed by atoms with van der Waals surface area (Å²) in [6, 6.07) is 0. The van der Waals surface area contributed by atoms with Gasteiger partial charge in [-0.2, -0.15) is 0 Å². The number of hydrogen-bond donors (Lipinski definition) is 0. The Labute approximate surface area is 152 Å². The number of cyclic esters (lactones) is 2. The normalized spacial score (nSPS) is 19.5. The van der Waals surface area contributed by atoms with Gasteiger partial charge in [0, 0.05) is 6.42 Å². The molecule has 0 aromatic rings. The van der Waals surface area contributed by atoms with Crippen molar-refractivity contribution in [2.45, 2.75) is 109 Å². The van der Waals surface area contributed by atoms with Crippen LogP contribution < -0.4 is 0 Å². The molecule has 5 heteroatoms. The number of rotatable bonds is 15. The first-order valence-electron chi connectivity index (χ1n) is 10.1. The van der Waals surface area contributed by atoms with E-state index in [0.717, 1.165) is 51.4 Å². The lowest BCUT2D eigenvalue weighted by atomic mass is 9.99. The molecule has 2 atom stereocenters. The Morgan fingerprint density at radius 3 is 1.84 bits per heavy atom. The van der Waals surface area contributed by atoms with Gasteiger partial charge in [0.1, 0.15) is 12.2 Å². The zero-order valence-electron chi connectivity index (χ0n) is 16.1. The van der Waals surface area contributed by atoms with Gasteiger partial charge in [-0.3, -0.25) is 4.79 Å². The second-order valence-corrected chi connectivity index (χ2v) is 7.00. The van der Waals surface area contributed by atoms with Crippen LogP contribution >= 0.6 is 0 Å². The highest BCUT2D eigenvalue weighted by molar-refractivity contribution is 5.68. The predicted molar refractivity (Wildman–Crippen MR) is 97.5 cm³/mol. The quantitative estimate of drug-likeness (QED) is 0.284. The van der Waals surface area contributed by atoms with Gasteiger partial charge in [-0.1, -0.05) is 58.3 Å².